The molecule has 1 aliphatic rings. The molecular formula is C26H22N2O6. The number of amides is 1. The molecule has 0 saturated heterocycles. The van der Waals surface area contributed by atoms with Crippen LogP contribution in [-0.4, -0.2) is 28.6 Å². The molecule has 0 bridgehead atoms. The summed E-state index contributed by atoms with van der Waals surface area (Å²) in [4.78, 5) is 28.0. The van der Waals surface area contributed by atoms with E-state index in [-0.39, 0.29) is 17.2 Å². The molecule has 0 saturated carbocycles. The van der Waals surface area contributed by atoms with Crippen molar-refractivity contribution in [2.45, 2.75) is 26.3 Å². The predicted octanol–water partition coefficient (Wildman–Crippen LogP) is 5.30. The molecule has 1 amide bonds. The highest BCUT2D eigenvalue weighted by Crippen LogP contribution is 2.42. The van der Waals surface area contributed by atoms with E-state index in [4.69, 9.17) is 13.7 Å². The summed E-state index contributed by atoms with van der Waals surface area (Å²) in [6.45, 7) is 4.28. The largest absolute Gasteiger partial charge is 0.503 e. The van der Waals surface area contributed by atoms with Crippen LogP contribution in [0.3, 0.4) is 0 Å². The number of hydrogen-bond acceptors (Lipinski definition) is 7. The summed E-state index contributed by atoms with van der Waals surface area (Å²) < 4.78 is 16.6. The number of carbonyl (C=O) groups is 2. The maximum Gasteiger partial charge on any atom is 0.295 e. The quantitative estimate of drug-likeness (QED) is 0.375. The zero-order valence-corrected chi connectivity index (χ0v) is 18.6. The van der Waals surface area contributed by atoms with Crippen LogP contribution in [0, 0.1) is 6.92 Å². The molecule has 172 valence electrons. The summed E-state index contributed by atoms with van der Waals surface area (Å²) >= 11 is 0. The molecule has 1 N–H and O–H groups in total. The average Bonchev–Trinajstić information content (AvgIpc) is 3.54. The minimum Gasteiger partial charge on any atom is -0.503 e. The van der Waals surface area contributed by atoms with Crippen molar-refractivity contribution in [2.24, 2.45) is 0 Å². The smallest absolute Gasteiger partial charge is 0.295 e. The highest BCUT2D eigenvalue weighted by Gasteiger charge is 2.46. The Morgan fingerprint density at radius 3 is 2.59 bits per heavy atom. The second-order valence-corrected chi connectivity index (χ2v) is 8.03. The fraction of sp³-hybridized carbons (Fsp3) is 0.192. The minimum atomic E-state index is -0.932. The molecule has 0 aliphatic carbocycles. The van der Waals surface area contributed by atoms with E-state index in [2.05, 4.69) is 5.16 Å². The number of hydrogen-bond donors (Lipinski definition) is 1. The second kappa shape index (κ2) is 8.55. The summed E-state index contributed by atoms with van der Waals surface area (Å²) in [7, 11) is 0. The van der Waals surface area contributed by atoms with Gasteiger partial charge in [0, 0.05) is 11.5 Å². The number of furan rings is 1. The minimum absolute atomic E-state index is 0.0293. The molecule has 8 heteroatoms. The van der Waals surface area contributed by atoms with Crippen LogP contribution in [0.15, 0.2) is 80.9 Å². The lowest BCUT2D eigenvalue weighted by molar-refractivity contribution is -0.117. The van der Waals surface area contributed by atoms with Crippen LogP contribution in [0.4, 0.5) is 5.82 Å². The molecule has 8 nitrogen and oxygen atoms in total. The molecular weight excluding hydrogens is 436 g/mol. The SMILES string of the molecule is CCCOc1ccc([C@@H]2C(C(=O)c3cc4ccccc4o3)=C(O)C(=O)N2c2cc(C)on2)cc1. The number of nitrogens with zero attached hydrogens (tertiary/aromatic N) is 2. The summed E-state index contributed by atoms with van der Waals surface area (Å²) in [5.41, 5.74) is 1.04. The number of aliphatic hydroxyl groups excluding tert-OH is 1. The number of ketones is 1. The maximum atomic E-state index is 13.6. The summed E-state index contributed by atoms with van der Waals surface area (Å²) in [6.07, 6.45) is 0.866. The van der Waals surface area contributed by atoms with Gasteiger partial charge in [0.15, 0.2) is 17.3 Å². The van der Waals surface area contributed by atoms with Crippen molar-refractivity contribution in [3.63, 3.8) is 0 Å². The van der Waals surface area contributed by atoms with Crippen molar-refractivity contribution < 1.29 is 28.4 Å². The monoisotopic (exact) mass is 458 g/mol. The van der Waals surface area contributed by atoms with Crippen molar-refractivity contribution in [3.05, 3.63) is 89.1 Å². The van der Waals surface area contributed by atoms with E-state index in [0.717, 1.165) is 11.8 Å². The van der Waals surface area contributed by atoms with Crippen molar-refractivity contribution in [2.75, 3.05) is 11.5 Å². The van der Waals surface area contributed by atoms with Gasteiger partial charge in [-0.05, 0) is 43.2 Å². The normalized spacial score (nSPS) is 16.0. The fourth-order valence-electron chi connectivity index (χ4n) is 4.05. The lowest BCUT2D eigenvalue weighted by Gasteiger charge is -2.24. The van der Waals surface area contributed by atoms with Crippen LogP contribution in [0.5, 0.6) is 5.75 Å². The number of para-hydroxylation sites is 1. The van der Waals surface area contributed by atoms with Crippen LogP contribution in [-0.2, 0) is 4.79 Å². The van der Waals surface area contributed by atoms with Gasteiger partial charge < -0.3 is 18.8 Å². The predicted molar refractivity (Wildman–Crippen MR) is 124 cm³/mol. The molecule has 0 fully saturated rings. The van der Waals surface area contributed by atoms with Gasteiger partial charge in [-0.1, -0.05) is 42.4 Å². The van der Waals surface area contributed by atoms with E-state index in [1.807, 2.05) is 19.1 Å². The molecule has 5 rings (SSSR count). The Morgan fingerprint density at radius 2 is 1.91 bits per heavy atom. The average molecular weight is 458 g/mol. The fourth-order valence-corrected chi connectivity index (χ4v) is 4.05. The number of aliphatic hydroxyl groups is 1. The number of anilines is 1. The van der Waals surface area contributed by atoms with E-state index in [1.54, 1.807) is 55.5 Å². The Bertz CT molecular complexity index is 1380. The molecule has 1 atom stereocenters. The van der Waals surface area contributed by atoms with Gasteiger partial charge in [0.05, 0.1) is 18.2 Å². The highest BCUT2D eigenvalue weighted by molar-refractivity contribution is 6.20. The second-order valence-electron chi connectivity index (χ2n) is 8.03. The van der Waals surface area contributed by atoms with Crippen LogP contribution in [0.2, 0.25) is 0 Å². The molecule has 2 aromatic carbocycles. The van der Waals surface area contributed by atoms with Crippen molar-refractivity contribution >= 4 is 28.5 Å². The van der Waals surface area contributed by atoms with Gasteiger partial charge in [-0.25, -0.2) is 0 Å². The summed E-state index contributed by atoms with van der Waals surface area (Å²) in [5, 5.41) is 15.5. The number of aromatic nitrogens is 1. The maximum absolute atomic E-state index is 13.6. The molecule has 0 radical (unpaired) electrons. The Hall–Kier alpha value is -4.33. The number of aryl methyl sites for hydroxylation is 1. The van der Waals surface area contributed by atoms with E-state index in [9.17, 15) is 14.7 Å². The number of benzene rings is 2. The highest BCUT2D eigenvalue weighted by atomic mass is 16.5. The Morgan fingerprint density at radius 1 is 1.15 bits per heavy atom. The van der Waals surface area contributed by atoms with Crippen LogP contribution < -0.4 is 9.64 Å². The topological polar surface area (TPSA) is 106 Å². The number of carbonyl (C=O) groups excluding carboxylic acids is 2. The van der Waals surface area contributed by atoms with Crippen LogP contribution >= 0.6 is 0 Å². The molecule has 2 aromatic heterocycles. The third kappa shape index (κ3) is 3.63. The number of rotatable bonds is 7. The number of Topliss-reactive ketones (excluding diaryl/α,β-unsaturated/α-hetero) is 1. The van der Waals surface area contributed by atoms with Gasteiger partial charge in [-0.2, -0.15) is 0 Å². The zero-order valence-electron chi connectivity index (χ0n) is 18.6. The first kappa shape index (κ1) is 21.5. The molecule has 0 spiro atoms. The Kier molecular flexibility index (Phi) is 5.41. The van der Waals surface area contributed by atoms with E-state index >= 15 is 0 Å². The first-order valence-electron chi connectivity index (χ1n) is 10.9. The van der Waals surface area contributed by atoms with Gasteiger partial charge in [0.1, 0.15) is 17.1 Å². The molecule has 34 heavy (non-hydrogen) atoms. The third-order valence-electron chi connectivity index (χ3n) is 5.63. The van der Waals surface area contributed by atoms with Gasteiger partial charge in [0.2, 0.25) is 5.78 Å². The van der Waals surface area contributed by atoms with E-state index < -0.39 is 23.5 Å². The molecule has 0 unspecified atom stereocenters. The van der Waals surface area contributed by atoms with E-state index in [1.165, 1.54) is 4.90 Å². The van der Waals surface area contributed by atoms with Crippen molar-refractivity contribution in [3.8, 4) is 5.75 Å². The lowest BCUT2D eigenvalue weighted by atomic mass is 9.95. The van der Waals surface area contributed by atoms with E-state index in [0.29, 0.717) is 29.3 Å². The first-order chi connectivity index (χ1) is 16.5. The van der Waals surface area contributed by atoms with Gasteiger partial charge in [-0.3, -0.25) is 14.5 Å². The lowest BCUT2D eigenvalue weighted by Crippen LogP contribution is -2.31. The van der Waals surface area contributed by atoms with Gasteiger partial charge in [-0.15, -0.1) is 0 Å². The van der Waals surface area contributed by atoms with Crippen molar-refractivity contribution in [1.29, 1.82) is 0 Å². The zero-order chi connectivity index (χ0) is 23.8. The van der Waals surface area contributed by atoms with Crippen LogP contribution in [0.1, 0.15) is 41.3 Å². The number of ether oxygens (including phenoxy) is 1. The molecule has 4 aromatic rings. The number of fused-ring (bicyclic) bond motifs is 1. The summed E-state index contributed by atoms with van der Waals surface area (Å²) in [6, 6.07) is 16.5. The van der Waals surface area contributed by atoms with Gasteiger partial charge in [0.25, 0.3) is 5.91 Å². The third-order valence-corrected chi connectivity index (χ3v) is 5.63. The van der Waals surface area contributed by atoms with Gasteiger partial charge >= 0.3 is 0 Å². The summed E-state index contributed by atoms with van der Waals surface area (Å²) in [5.74, 6) is -0.606. The molecule has 3 heterocycles. The first-order valence-corrected chi connectivity index (χ1v) is 10.9. The Balaban J connectivity index is 1.60. The van der Waals surface area contributed by atoms with Crippen molar-refractivity contribution in [1.82, 2.24) is 5.16 Å². The van der Waals surface area contributed by atoms with Crippen LogP contribution in [0.25, 0.3) is 11.0 Å². The molecule has 1 aliphatic heterocycles. The standard InChI is InChI=1S/C26H22N2O6/c1-3-12-32-18-10-8-16(9-11-18)23-22(24(29)20-14-17-6-4-5-7-19(17)33-20)25(30)26(31)28(23)21-13-15(2)34-27-21/h4-11,13-14,23,30H,3,12H2,1-2H3/t23-/m1/s1. The Labute approximate surface area is 195 Å².